The lowest BCUT2D eigenvalue weighted by Gasteiger charge is -2.16. The average Bonchev–Trinajstić information content (AvgIpc) is 3.16. The highest BCUT2D eigenvalue weighted by atomic mass is 16.5. The normalized spacial score (nSPS) is 24.0. The van der Waals surface area contributed by atoms with Gasteiger partial charge in [0.1, 0.15) is 12.3 Å². The number of hydrogen-bond donors (Lipinski definition) is 2. The van der Waals surface area contributed by atoms with Crippen molar-refractivity contribution >= 4 is 0 Å². The van der Waals surface area contributed by atoms with Gasteiger partial charge in [0.15, 0.2) is 0 Å². The molecule has 2 aromatic rings. The van der Waals surface area contributed by atoms with Crippen molar-refractivity contribution in [1.82, 2.24) is 24.5 Å². The minimum Gasteiger partial charge on any atom is -0.394 e. The maximum Gasteiger partial charge on any atom is 0.330 e. The van der Waals surface area contributed by atoms with Crippen molar-refractivity contribution in [3.8, 4) is 0 Å². The SMILES string of the molecule is Cc1cn([C@H]2C[C@H](n3cc(C(C)(C)C)nn3)[C@@H](CO)O2)c(=O)[nH]c1=O. The van der Waals surface area contributed by atoms with E-state index >= 15 is 0 Å². The summed E-state index contributed by atoms with van der Waals surface area (Å²) in [5.74, 6) is 0. The lowest BCUT2D eigenvalue weighted by molar-refractivity contribution is -0.0323. The van der Waals surface area contributed by atoms with Crippen LogP contribution in [0.1, 0.15) is 50.7 Å². The molecule has 9 heteroatoms. The molecule has 0 aromatic carbocycles. The van der Waals surface area contributed by atoms with E-state index in [4.69, 9.17) is 4.74 Å². The molecule has 1 aliphatic heterocycles. The first kappa shape index (κ1) is 17.6. The van der Waals surface area contributed by atoms with Gasteiger partial charge in [-0.2, -0.15) is 0 Å². The number of aliphatic hydroxyl groups excluding tert-OH is 1. The van der Waals surface area contributed by atoms with Gasteiger partial charge in [0.05, 0.1) is 18.3 Å². The molecule has 0 unspecified atom stereocenters. The van der Waals surface area contributed by atoms with Crippen LogP contribution in [0, 0.1) is 6.92 Å². The molecular formula is C16H23N5O4. The number of aliphatic hydroxyl groups is 1. The van der Waals surface area contributed by atoms with Crippen LogP contribution in [-0.4, -0.2) is 42.4 Å². The first-order valence-corrected chi connectivity index (χ1v) is 8.21. The fourth-order valence-corrected chi connectivity index (χ4v) is 2.91. The van der Waals surface area contributed by atoms with Crippen LogP contribution in [0.4, 0.5) is 0 Å². The molecule has 1 saturated heterocycles. The number of aryl methyl sites for hydroxylation is 1. The zero-order valence-corrected chi connectivity index (χ0v) is 14.8. The Balaban J connectivity index is 1.91. The Bertz CT molecular complexity index is 876. The predicted octanol–water partition coefficient (Wildman–Crippen LogP) is 0.255. The summed E-state index contributed by atoms with van der Waals surface area (Å²) in [6, 6.07) is -0.252. The molecule has 0 spiro atoms. The number of rotatable bonds is 3. The Kier molecular flexibility index (Phi) is 4.38. The zero-order valence-electron chi connectivity index (χ0n) is 14.8. The molecule has 0 bridgehead atoms. The van der Waals surface area contributed by atoms with Gasteiger partial charge in [0.25, 0.3) is 5.56 Å². The van der Waals surface area contributed by atoms with Gasteiger partial charge in [-0.05, 0) is 6.92 Å². The molecule has 2 N–H and O–H groups in total. The van der Waals surface area contributed by atoms with Crippen LogP contribution in [0.5, 0.6) is 0 Å². The van der Waals surface area contributed by atoms with E-state index in [9.17, 15) is 14.7 Å². The van der Waals surface area contributed by atoms with Crippen molar-refractivity contribution in [2.75, 3.05) is 6.61 Å². The van der Waals surface area contributed by atoms with Crippen molar-refractivity contribution < 1.29 is 9.84 Å². The molecule has 1 aliphatic rings. The monoisotopic (exact) mass is 349 g/mol. The smallest absolute Gasteiger partial charge is 0.330 e. The van der Waals surface area contributed by atoms with Crippen LogP contribution in [0.25, 0.3) is 0 Å². The third-order valence-electron chi connectivity index (χ3n) is 4.46. The van der Waals surface area contributed by atoms with E-state index in [2.05, 4.69) is 15.3 Å². The second-order valence-corrected chi connectivity index (χ2v) is 7.43. The second-order valence-electron chi connectivity index (χ2n) is 7.43. The van der Waals surface area contributed by atoms with Crippen LogP contribution < -0.4 is 11.2 Å². The van der Waals surface area contributed by atoms with Gasteiger partial charge in [-0.25, -0.2) is 9.48 Å². The van der Waals surface area contributed by atoms with Crippen molar-refractivity contribution in [3.63, 3.8) is 0 Å². The summed E-state index contributed by atoms with van der Waals surface area (Å²) < 4.78 is 8.87. The third-order valence-corrected chi connectivity index (χ3v) is 4.46. The number of nitrogens with zero attached hydrogens (tertiary/aromatic N) is 4. The predicted molar refractivity (Wildman–Crippen MR) is 89.4 cm³/mol. The van der Waals surface area contributed by atoms with E-state index in [0.29, 0.717) is 12.0 Å². The van der Waals surface area contributed by atoms with E-state index in [0.717, 1.165) is 5.69 Å². The van der Waals surface area contributed by atoms with E-state index in [1.54, 1.807) is 11.6 Å². The molecule has 136 valence electrons. The van der Waals surface area contributed by atoms with Crippen molar-refractivity contribution in [2.24, 2.45) is 0 Å². The largest absolute Gasteiger partial charge is 0.394 e. The fourth-order valence-electron chi connectivity index (χ4n) is 2.91. The van der Waals surface area contributed by atoms with Gasteiger partial charge < -0.3 is 9.84 Å². The maximum absolute atomic E-state index is 12.1. The summed E-state index contributed by atoms with van der Waals surface area (Å²) in [7, 11) is 0. The van der Waals surface area contributed by atoms with Gasteiger partial charge in [-0.15, -0.1) is 5.10 Å². The molecule has 0 aliphatic carbocycles. The summed E-state index contributed by atoms with van der Waals surface area (Å²) in [6.07, 6.45) is 2.65. The van der Waals surface area contributed by atoms with Crippen LogP contribution in [0.3, 0.4) is 0 Å². The fraction of sp³-hybridized carbons (Fsp3) is 0.625. The molecule has 25 heavy (non-hydrogen) atoms. The van der Waals surface area contributed by atoms with Crippen molar-refractivity contribution in [3.05, 3.63) is 44.5 Å². The number of H-pyrrole nitrogens is 1. The highest BCUT2D eigenvalue weighted by Gasteiger charge is 2.38. The summed E-state index contributed by atoms with van der Waals surface area (Å²) in [5.41, 5.74) is 0.166. The molecule has 1 fully saturated rings. The minimum atomic E-state index is -0.590. The average molecular weight is 349 g/mol. The quantitative estimate of drug-likeness (QED) is 0.821. The summed E-state index contributed by atoms with van der Waals surface area (Å²) >= 11 is 0. The lowest BCUT2D eigenvalue weighted by atomic mass is 9.93. The highest BCUT2D eigenvalue weighted by Crippen LogP contribution is 2.36. The Labute approximate surface area is 144 Å². The maximum atomic E-state index is 12.1. The Morgan fingerprint density at radius 2 is 2.08 bits per heavy atom. The van der Waals surface area contributed by atoms with Gasteiger partial charge in [0.2, 0.25) is 0 Å². The molecule has 0 saturated carbocycles. The van der Waals surface area contributed by atoms with Crippen molar-refractivity contribution in [1.29, 1.82) is 0 Å². The molecule has 0 radical (unpaired) electrons. The first-order valence-electron chi connectivity index (χ1n) is 8.21. The van der Waals surface area contributed by atoms with Gasteiger partial charge in [-0.1, -0.05) is 26.0 Å². The molecule has 0 amide bonds. The Hall–Kier alpha value is -2.26. The molecule has 3 rings (SSSR count). The van der Waals surface area contributed by atoms with Gasteiger partial charge in [-0.3, -0.25) is 14.3 Å². The summed E-state index contributed by atoms with van der Waals surface area (Å²) in [5, 5.41) is 18.0. The van der Waals surface area contributed by atoms with Crippen LogP contribution in [0.15, 0.2) is 22.0 Å². The van der Waals surface area contributed by atoms with E-state index < -0.39 is 23.6 Å². The third kappa shape index (κ3) is 3.29. The summed E-state index contributed by atoms with van der Waals surface area (Å²) in [6.45, 7) is 7.55. The molecule has 2 aromatic heterocycles. The van der Waals surface area contributed by atoms with Gasteiger partial charge >= 0.3 is 5.69 Å². The molecule has 9 nitrogen and oxygen atoms in total. The topological polar surface area (TPSA) is 115 Å². The zero-order chi connectivity index (χ0) is 18.4. The number of nitrogens with one attached hydrogen (secondary N) is 1. The van der Waals surface area contributed by atoms with Crippen LogP contribution >= 0.6 is 0 Å². The first-order chi connectivity index (χ1) is 11.7. The van der Waals surface area contributed by atoms with Crippen LogP contribution in [0.2, 0.25) is 0 Å². The molecular weight excluding hydrogens is 326 g/mol. The molecule has 3 heterocycles. The second kappa shape index (κ2) is 6.23. The number of hydrogen-bond acceptors (Lipinski definition) is 6. The number of aromatic nitrogens is 5. The van der Waals surface area contributed by atoms with E-state index in [1.807, 2.05) is 27.0 Å². The lowest BCUT2D eigenvalue weighted by Crippen LogP contribution is -2.33. The van der Waals surface area contributed by atoms with Gasteiger partial charge in [0, 0.05) is 29.8 Å². The standard InChI is InChI=1S/C16H23N5O4/c1-9-6-20(15(24)17-14(9)23)13-5-10(11(8-22)25-13)21-7-12(18-19-21)16(2,3)4/h6-7,10-11,13,22H,5,8H2,1-4H3,(H,17,23,24)/t10-,11+,13+/m0/s1. The Morgan fingerprint density at radius 3 is 2.68 bits per heavy atom. The Morgan fingerprint density at radius 1 is 1.36 bits per heavy atom. The number of ether oxygens (including phenoxy) is 1. The van der Waals surface area contributed by atoms with Crippen LogP contribution in [-0.2, 0) is 10.2 Å². The van der Waals surface area contributed by atoms with Crippen molar-refractivity contribution in [2.45, 2.75) is 57.9 Å². The summed E-state index contributed by atoms with van der Waals surface area (Å²) in [4.78, 5) is 25.9. The van der Waals surface area contributed by atoms with E-state index in [-0.39, 0.29) is 18.1 Å². The van der Waals surface area contributed by atoms with E-state index in [1.165, 1.54) is 10.8 Å². The number of aromatic amines is 1. The molecule has 3 atom stereocenters. The highest BCUT2D eigenvalue weighted by molar-refractivity contribution is 5.08. The minimum absolute atomic E-state index is 0.140.